The molecule has 1 aliphatic heterocycles. The number of amides is 1. The Labute approximate surface area is 149 Å². The average molecular weight is 355 g/mol. The van der Waals surface area contributed by atoms with Crippen LogP contribution in [0.4, 0.5) is 9.18 Å². The average Bonchev–Trinajstić information content (AvgIpc) is 3.03. The molecule has 1 aliphatic carbocycles. The van der Waals surface area contributed by atoms with E-state index in [-0.39, 0.29) is 6.10 Å². The molecule has 2 aliphatic rings. The minimum absolute atomic E-state index is 0.247. The summed E-state index contributed by atoms with van der Waals surface area (Å²) in [7, 11) is 0. The molecule has 1 aromatic carbocycles. The van der Waals surface area contributed by atoms with Crippen molar-refractivity contribution in [2.45, 2.75) is 25.6 Å². The molecule has 2 N–H and O–H groups in total. The van der Waals surface area contributed by atoms with Gasteiger partial charge in [0, 0.05) is 23.9 Å². The van der Waals surface area contributed by atoms with E-state index < -0.39 is 18.0 Å². The highest BCUT2D eigenvalue weighted by Crippen LogP contribution is 2.24. The fraction of sp³-hybridized carbons (Fsp3) is 0.316. The monoisotopic (exact) mass is 355 g/mol. The molecule has 6 nitrogen and oxygen atoms in total. The molecular weight excluding hydrogens is 337 g/mol. The van der Waals surface area contributed by atoms with E-state index in [2.05, 4.69) is 21.2 Å². The van der Waals surface area contributed by atoms with Gasteiger partial charge in [-0.1, -0.05) is 5.73 Å². The van der Waals surface area contributed by atoms with Crippen molar-refractivity contribution in [3.63, 3.8) is 0 Å². The number of aromatic amines is 1. The Bertz CT molecular complexity index is 1010. The van der Waals surface area contributed by atoms with Crippen LogP contribution in [-0.2, 0) is 9.47 Å². The van der Waals surface area contributed by atoms with Gasteiger partial charge in [0.25, 0.3) is 0 Å². The van der Waals surface area contributed by atoms with Gasteiger partial charge in [0.15, 0.2) is 0 Å². The number of rotatable bonds is 0. The number of benzene rings is 1. The second kappa shape index (κ2) is 6.78. The van der Waals surface area contributed by atoms with Crippen molar-refractivity contribution in [3.8, 4) is 11.3 Å². The molecule has 1 amide bonds. The van der Waals surface area contributed by atoms with Gasteiger partial charge >= 0.3 is 6.09 Å². The number of alkyl carbamates (subject to hydrolysis) is 1. The first-order chi connectivity index (χ1) is 12.6. The molecule has 0 radical (unpaired) electrons. The Morgan fingerprint density at radius 2 is 2.23 bits per heavy atom. The van der Waals surface area contributed by atoms with E-state index in [0.717, 1.165) is 10.6 Å². The number of hydrogen-bond donors (Lipinski definition) is 2. The topological polar surface area (TPSA) is 76.2 Å². The summed E-state index contributed by atoms with van der Waals surface area (Å²) < 4.78 is 25.3. The summed E-state index contributed by atoms with van der Waals surface area (Å²) in [4.78, 5) is 11.9. The molecule has 26 heavy (non-hydrogen) atoms. The Morgan fingerprint density at radius 3 is 3.12 bits per heavy atom. The van der Waals surface area contributed by atoms with E-state index in [9.17, 15) is 9.18 Å². The van der Waals surface area contributed by atoms with E-state index in [4.69, 9.17) is 9.47 Å². The molecule has 1 unspecified atom stereocenters. The smallest absolute Gasteiger partial charge is 0.407 e. The largest absolute Gasteiger partial charge is 0.442 e. The van der Waals surface area contributed by atoms with Crippen molar-refractivity contribution in [2.75, 3.05) is 13.2 Å². The standard InChI is InChI=1S/C19H18FN3O3/c1-11-12-7-13(9-14(20)8-12)18-16-10-15(3-4-17(16)22-23-18)25-6-2-5-21-19(24)26-11/h3,7-11,15,22H,2,5-6H2,1H3,(H,21,24)/t11-,15?/m1/s1. The molecule has 0 fully saturated rings. The Hall–Kier alpha value is -2.89. The van der Waals surface area contributed by atoms with Gasteiger partial charge in [0.1, 0.15) is 29.1 Å². The van der Waals surface area contributed by atoms with E-state index in [1.54, 1.807) is 13.0 Å². The molecule has 7 heteroatoms. The maximum absolute atomic E-state index is 14.2. The van der Waals surface area contributed by atoms with Crippen LogP contribution >= 0.6 is 0 Å². The molecule has 2 aromatic rings. The van der Waals surface area contributed by atoms with E-state index >= 15 is 0 Å². The van der Waals surface area contributed by atoms with Crippen molar-refractivity contribution < 1.29 is 18.7 Å². The summed E-state index contributed by atoms with van der Waals surface area (Å²) in [5.74, 6) is -0.419. The van der Waals surface area contributed by atoms with Crippen LogP contribution in [0.25, 0.3) is 23.1 Å². The number of nitrogens with zero attached hydrogens (tertiary/aromatic N) is 1. The number of halogens is 1. The number of aromatic nitrogens is 2. The third-order valence-electron chi connectivity index (χ3n) is 4.37. The minimum Gasteiger partial charge on any atom is -0.442 e. The van der Waals surface area contributed by atoms with Gasteiger partial charge in [0.2, 0.25) is 0 Å². The van der Waals surface area contributed by atoms with Crippen LogP contribution in [-0.4, -0.2) is 35.5 Å². The first-order valence-electron chi connectivity index (χ1n) is 8.50. The second-order valence-corrected chi connectivity index (χ2v) is 6.28. The molecule has 4 rings (SSSR count). The number of nitrogens with one attached hydrogen (secondary N) is 2. The first kappa shape index (κ1) is 16.6. The highest BCUT2D eigenvalue weighted by atomic mass is 19.1. The van der Waals surface area contributed by atoms with Crippen molar-refractivity contribution >= 4 is 17.9 Å². The van der Waals surface area contributed by atoms with Gasteiger partial charge in [-0.05, 0) is 49.3 Å². The van der Waals surface area contributed by atoms with E-state index in [0.29, 0.717) is 36.4 Å². The molecule has 1 aromatic heterocycles. The zero-order valence-corrected chi connectivity index (χ0v) is 14.2. The van der Waals surface area contributed by atoms with Crippen LogP contribution in [0, 0.1) is 5.82 Å². The number of carbonyl (C=O) groups excluding carboxylic acids is 1. The molecule has 0 saturated carbocycles. The summed E-state index contributed by atoms with van der Waals surface area (Å²) in [6.07, 6.45) is 3.01. The van der Waals surface area contributed by atoms with Crippen LogP contribution in [0.15, 0.2) is 24.3 Å². The Kier molecular flexibility index (Phi) is 4.32. The normalized spacial score (nSPS) is 22.2. The van der Waals surface area contributed by atoms with Crippen molar-refractivity contribution in [1.29, 1.82) is 0 Å². The van der Waals surface area contributed by atoms with Crippen LogP contribution in [0.5, 0.6) is 0 Å². The van der Waals surface area contributed by atoms with Crippen molar-refractivity contribution in [2.24, 2.45) is 0 Å². The lowest BCUT2D eigenvalue weighted by atomic mass is 10.0. The molecule has 4 bridgehead atoms. The van der Waals surface area contributed by atoms with Gasteiger partial charge in [-0.3, -0.25) is 5.10 Å². The lowest BCUT2D eigenvalue weighted by Gasteiger charge is -2.15. The molecule has 2 heterocycles. The SMILES string of the molecule is C[C@H]1OC(=O)NCCCOC2C=C=c3[nH]nc(c3=C2)-c2cc(F)cc1c2. The van der Waals surface area contributed by atoms with Gasteiger partial charge in [-0.2, -0.15) is 5.10 Å². The molecule has 0 spiro atoms. The Balaban J connectivity index is 1.84. The summed E-state index contributed by atoms with van der Waals surface area (Å²) >= 11 is 0. The van der Waals surface area contributed by atoms with Crippen molar-refractivity contribution in [3.05, 3.63) is 46.2 Å². The van der Waals surface area contributed by atoms with Crippen LogP contribution in [0.1, 0.15) is 25.0 Å². The number of hydrogen-bond acceptors (Lipinski definition) is 4. The van der Waals surface area contributed by atoms with Crippen LogP contribution in [0.3, 0.4) is 0 Å². The van der Waals surface area contributed by atoms with Gasteiger partial charge in [-0.25, -0.2) is 9.18 Å². The number of H-pyrrole nitrogens is 1. The molecular formula is C19H18FN3O3. The molecule has 2 atom stereocenters. The fourth-order valence-electron chi connectivity index (χ4n) is 3.05. The van der Waals surface area contributed by atoms with Crippen LogP contribution < -0.4 is 15.9 Å². The predicted octanol–water partition coefficient (Wildman–Crippen LogP) is 1.52. The highest BCUT2D eigenvalue weighted by Gasteiger charge is 2.17. The third kappa shape index (κ3) is 3.27. The number of ether oxygens (including phenoxy) is 2. The van der Waals surface area contributed by atoms with E-state index in [1.807, 2.05) is 12.2 Å². The zero-order chi connectivity index (χ0) is 18.1. The lowest BCUT2D eigenvalue weighted by molar-refractivity contribution is 0.102. The highest BCUT2D eigenvalue weighted by molar-refractivity contribution is 5.68. The Morgan fingerprint density at radius 1 is 1.35 bits per heavy atom. The second-order valence-electron chi connectivity index (χ2n) is 6.28. The summed E-state index contributed by atoms with van der Waals surface area (Å²) in [5.41, 5.74) is 4.90. The van der Waals surface area contributed by atoms with Gasteiger partial charge < -0.3 is 14.8 Å². The zero-order valence-electron chi connectivity index (χ0n) is 14.2. The summed E-state index contributed by atoms with van der Waals surface area (Å²) in [6.45, 7) is 2.61. The maximum Gasteiger partial charge on any atom is 0.407 e. The van der Waals surface area contributed by atoms with E-state index in [1.165, 1.54) is 12.1 Å². The fourth-order valence-corrected chi connectivity index (χ4v) is 3.05. The third-order valence-corrected chi connectivity index (χ3v) is 4.37. The summed E-state index contributed by atoms with van der Waals surface area (Å²) in [6, 6.07) is 4.55. The number of fused-ring (bicyclic) bond motifs is 4. The lowest BCUT2D eigenvalue weighted by Crippen LogP contribution is -2.29. The number of carbonyl (C=O) groups is 1. The summed E-state index contributed by atoms with van der Waals surface area (Å²) in [5, 5.41) is 11.5. The van der Waals surface area contributed by atoms with Crippen molar-refractivity contribution in [1.82, 2.24) is 15.5 Å². The number of cyclic esters (lactones) is 1. The van der Waals surface area contributed by atoms with Gasteiger partial charge in [-0.15, -0.1) is 0 Å². The predicted molar refractivity (Wildman–Crippen MR) is 92.9 cm³/mol. The maximum atomic E-state index is 14.2. The minimum atomic E-state index is -0.594. The van der Waals surface area contributed by atoms with Gasteiger partial charge in [0.05, 0.1) is 0 Å². The molecule has 0 saturated heterocycles. The quantitative estimate of drug-likeness (QED) is 0.751. The van der Waals surface area contributed by atoms with Crippen LogP contribution in [0.2, 0.25) is 0 Å². The molecule has 134 valence electrons. The first-order valence-corrected chi connectivity index (χ1v) is 8.50.